The number of carbonyl (C=O) groups is 1. The fraction of sp³-hybridized carbons (Fsp3) is 0.311. The third-order valence-electron chi connectivity index (χ3n) is 6.74. The van der Waals surface area contributed by atoms with Gasteiger partial charge in [-0.2, -0.15) is 0 Å². The summed E-state index contributed by atoms with van der Waals surface area (Å²) in [6.07, 6.45) is -6.03. The molecule has 2 rings (SSSR count). The van der Waals surface area contributed by atoms with Gasteiger partial charge in [0, 0.05) is 41.4 Å². The quantitative estimate of drug-likeness (QED) is 0.128. The van der Waals surface area contributed by atoms with E-state index in [-0.39, 0.29) is 6.61 Å². The average Bonchev–Trinajstić information content (AvgIpc) is 3.18. The van der Waals surface area contributed by atoms with Crippen molar-refractivity contribution in [3.8, 4) is 142 Å². The molecule has 6 N–H and O–H groups in total. The average molecular weight is 716 g/mol. The summed E-state index contributed by atoms with van der Waals surface area (Å²) in [5.74, 6) is 58.6. The number of aryl methyl sites for hydroxylation is 1. The number of carbonyl (C=O) groups excluding carboxylic acids is 1. The lowest BCUT2D eigenvalue weighted by atomic mass is 9.99. The van der Waals surface area contributed by atoms with E-state index in [0.29, 0.717) is 12.8 Å². The van der Waals surface area contributed by atoms with Crippen molar-refractivity contribution in [2.75, 3.05) is 13.2 Å². The Bertz CT molecular complexity index is 2230. The van der Waals surface area contributed by atoms with Crippen LogP contribution in [0.15, 0.2) is 30.3 Å². The van der Waals surface area contributed by atoms with Gasteiger partial charge < -0.3 is 40.3 Å². The van der Waals surface area contributed by atoms with Gasteiger partial charge in [-0.25, -0.2) is 0 Å². The first-order valence-electron chi connectivity index (χ1n) is 16.2. The molecule has 9 nitrogen and oxygen atoms in total. The lowest BCUT2D eigenvalue weighted by molar-refractivity contribution is -0.302. The Balaban J connectivity index is 1.92. The SMILES string of the molecule is CC#CC#CC#CC#CC#CC#CC#CC#CC#CC#CC#CC#CC(=O)N[C@@H](CO[C@H]1OC(CO)[C@H](O)C(O)[C@@H]1O)[C@H](O)CCCCc1ccccc1. The van der Waals surface area contributed by atoms with Gasteiger partial charge in [-0.15, -0.1) is 0 Å². The van der Waals surface area contributed by atoms with E-state index in [4.69, 9.17) is 9.47 Å². The number of ether oxygens (including phenoxy) is 2. The maximum Gasteiger partial charge on any atom is 0.297 e. The van der Waals surface area contributed by atoms with E-state index < -0.39 is 55.4 Å². The highest BCUT2D eigenvalue weighted by Gasteiger charge is 2.44. The third-order valence-corrected chi connectivity index (χ3v) is 6.74. The number of hydrogen-bond acceptors (Lipinski definition) is 8. The molecule has 0 spiro atoms. The number of aliphatic hydroxyl groups excluding tert-OH is 5. The molecule has 1 aromatic rings. The summed E-state index contributed by atoms with van der Waals surface area (Å²) in [5, 5.41) is 53.3. The number of amides is 1. The summed E-state index contributed by atoms with van der Waals surface area (Å²) in [5.41, 5.74) is 1.16. The molecule has 1 aliphatic heterocycles. The summed E-state index contributed by atoms with van der Waals surface area (Å²) in [7, 11) is 0. The second-order valence-electron chi connectivity index (χ2n) is 10.5. The van der Waals surface area contributed by atoms with Crippen LogP contribution in [0.5, 0.6) is 0 Å². The Morgan fingerprint density at radius 2 is 1.19 bits per heavy atom. The minimum Gasteiger partial charge on any atom is -0.394 e. The van der Waals surface area contributed by atoms with Crippen molar-refractivity contribution in [3.63, 3.8) is 0 Å². The van der Waals surface area contributed by atoms with E-state index in [1.807, 2.05) is 30.3 Å². The number of unbranched alkanes of at least 4 members (excludes halogenated alkanes) is 1. The maximum atomic E-state index is 12.6. The van der Waals surface area contributed by atoms with Crippen LogP contribution in [-0.2, 0) is 20.7 Å². The number of aliphatic hydroxyl groups is 5. The Morgan fingerprint density at radius 3 is 1.67 bits per heavy atom. The predicted molar refractivity (Wildman–Crippen MR) is 201 cm³/mol. The molecule has 1 heterocycles. The largest absolute Gasteiger partial charge is 0.394 e. The Kier molecular flexibility index (Phi) is 22.3. The van der Waals surface area contributed by atoms with Crippen molar-refractivity contribution in [2.24, 2.45) is 0 Å². The van der Waals surface area contributed by atoms with Gasteiger partial charge in [0.05, 0.1) is 25.4 Å². The van der Waals surface area contributed by atoms with E-state index in [9.17, 15) is 30.3 Å². The summed E-state index contributed by atoms with van der Waals surface area (Å²) in [4.78, 5) is 12.6. The van der Waals surface area contributed by atoms with E-state index >= 15 is 0 Å². The van der Waals surface area contributed by atoms with Gasteiger partial charge in [-0.1, -0.05) is 42.7 Å². The van der Waals surface area contributed by atoms with Crippen LogP contribution in [0.25, 0.3) is 0 Å². The molecule has 1 aromatic carbocycles. The van der Waals surface area contributed by atoms with Crippen molar-refractivity contribution in [3.05, 3.63) is 35.9 Å². The molecule has 1 saturated heterocycles. The summed E-state index contributed by atoms with van der Waals surface area (Å²) >= 11 is 0. The molecule has 7 atom stereocenters. The van der Waals surface area contributed by atoms with Crippen LogP contribution in [0.1, 0.15) is 31.7 Å². The minimum absolute atomic E-state index is 0.306. The Labute approximate surface area is 317 Å². The molecule has 1 fully saturated rings. The second kappa shape index (κ2) is 27.8. The zero-order valence-electron chi connectivity index (χ0n) is 29.1. The molecule has 0 aliphatic carbocycles. The van der Waals surface area contributed by atoms with Gasteiger partial charge in [0.25, 0.3) is 5.91 Å². The summed E-state index contributed by atoms with van der Waals surface area (Å²) < 4.78 is 11.0. The first-order chi connectivity index (χ1) is 26.4. The smallest absolute Gasteiger partial charge is 0.297 e. The van der Waals surface area contributed by atoms with E-state index in [2.05, 4.69) is 147 Å². The highest BCUT2D eigenvalue weighted by Crippen LogP contribution is 2.22. The highest BCUT2D eigenvalue weighted by atomic mass is 16.7. The normalized spacial score (nSPS) is 17.7. The predicted octanol–water partition coefficient (Wildman–Crippen LogP) is -0.878. The lowest BCUT2D eigenvalue weighted by Gasteiger charge is -2.40. The monoisotopic (exact) mass is 715 g/mol. The molecule has 0 bridgehead atoms. The van der Waals surface area contributed by atoms with Crippen LogP contribution in [-0.4, -0.2) is 87.5 Å². The van der Waals surface area contributed by atoms with E-state index in [1.165, 1.54) is 0 Å². The molecular formula is C45H33NO8. The van der Waals surface area contributed by atoms with Crippen LogP contribution in [0.3, 0.4) is 0 Å². The maximum absolute atomic E-state index is 12.6. The van der Waals surface area contributed by atoms with Crippen molar-refractivity contribution in [1.29, 1.82) is 0 Å². The van der Waals surface area contributed by atoms with Crippen molar-refractivity contribution < 1.29 is 39.8 Å². The summed E-state index contributed by atoms with van der Waals surface area (Å²) in [6.45, 7) is 0.695. The van der Waals surface area contributed by atoms with Gasteiger partial charge in [-0.05, 0) is 126 Å². The van der Waals surface area contributed by atoms with Crippen LogP contribution < -0.4 is 5.32 Å². The zero-order valence-corrected chi connectivity index (χ0v) is 29.1. The van der Waals surface area contributed by atoms with Crippen LogP contribution in [0.2, 0.25) is 0 Å². The van der Waals surface area contributed by atoms with Gasteiger partial charge >= 0.3 is 0 Å². The third kappa shape index (κ3) is 18.9. The summed E-state index contributed by atoms with van der Waals surface area (Å²) in [6, 6.07) is 8.87. The minimum atomic E-state index is -1.65. The van der Waals surface area contributed by atoms with Gasteiger partial charge in [0.1, 0.15) is 24.4 Å². The molecule has 0 saturated carbocycles. The molecule has 1 aliphatic rings. The molecule has 1 amide bonds. The number of benzene rings is 1. The van der Waals surface area contributed by atoms with Gasteiger partial charge in [0.2, 0.25) is 0 Å². The molecule has 0 aromatic heterocycles. The van der Waals surface area contributed by atoms with Crippen molar-refractivity contribution in [2.45, 2.75) is 75.5 Å². The van der Waals surface area contributed by atoms with Crippen molar-refractivity contribution >= 4 is 5.91 Å². The number of rotatable bonds is 11. The van der Waals surface area contributed by atoms with Crippen LogP contribution >= 0.6 is 0 Å². The number of hydrogen-bond donors (Lipinski definition) is 6. The highest BCUT2D eigenvalue weighted by molar-refractivity contribution is 5.94. The van der Waals surface area contributed by atoms with Gasteiger partial charge in [0.15, 0.2) is 6.29 Å². The van der Waals surface area contributed by atoms with Gasteiger partial charge in [-0.3, -0.25) is 4.79 Å². The Morgan fingerprint density at radius 1 is 0.704 bits per heavy atom. The zero-order chi connectivity index (χ0) is 39.1. The molecule has 54 heavy (non-hydrogen) atoms. The fourth-order valence-corrected chi connectivity index (χ4v) is 4.16. The molecule has 266 valence electrons. The lowest BCUT2D eigenvalue weighted by Crippen LogP contribution is -2.60. The topological polar surface area (TPSA) is 149 Å². The molecule has 9 heteroatoms. The first kappa shape index (κ1) is 43.3. The van der Waals surface area contributed by atoms with E-state index in [1.54, 1.807) is 6.92 Å². The van der Waals surface area contributed by atoms with Crippen LogP contribution in [0, 0.1) is 142 Å². The van der Waals surface area contributed by atoms with E-state index in [0.717, 1.165) is 18.4 Å². The standard InChI is InChI=1S/C45H33NO8/c1-2-3-4-5-6-7-8-9-10-11-12-13-14-15-16-17-18-19-20-21-22-23-27-34-41(49)46-38(39(48)33-29-28-32-37-30-25-24-26-31-37)36-53-45-44(52)43(51)42(50)40(35-47)54-45/h24-26,30-31,38-40,42-45,47-48,50-52H,28-29,32-33,35-36H2,1H3,(H,46,49)/t38-,39+,40?,42-,43?,44-,45-/m0/s1. The second-order valence-corrected chi connectivity index (χ2v) is 10.5. The number of nitrogens with one attached hydrogen (secondary N) is 1. The fourth-order valence-electron chi connectivity index (χ4n) is 4.16. The Hall–Kier alpha value is -6.87. The van der Waals surface area contributed by atoms with Crippen molar-refractivity contribution in [1.82, 2.24) is 5.32 Å². The molecule has 0 radical (unpaired) electrons. The molecular weight excluding hydrogens is 682 g/mol. The first-order valence-corrected chi connectivity index (χ1v) is 16.2. The van der Waals surface area contributed by atoms with Crippen LogP contribution in [0.4, 0.5) is 0 Å². The molecule has 2 unspecified atom stereocenters.